The fourth-order valence-corrected chi connectivity index (χ4v) is 5.76. The molecule has 200 valence electrons. The number of hydrogen-bond donors (Lipinski definition) is 1. The van der Waals surface area contributed by atoms with E-state index in [1.54, 1.807) is 0 Å². The summed E-state index contributed by atoms with van der Waals surface area (Å²) in [5, 5.41) is 3.36. The minimum absolute atomic E-state index is 0.109. The third kappa shape index (κ3) is 4.52. The van der Waals surface area contributed by atoms with Crippen molar-refractivity contribution in [2.45, 2.75) is 31.1 Å². The van der Waals surface area contributed by atoms with Gasteiger partial charge in [-0.05, 0) is 64.6 Å². The highest BCUT2D eigenvalue weighted by Crippen LogP contribution is 2.37. The number of para-hydroxylation sites is 1. The van der Waals surface area contributed by atoms with Gasteiger partial charge in [-0.3, -0.25) is 4.57 Å². The minimum Gasteiger partial charge on any atom is -0.439 e. The van der Waals surface area contributed by atoms with Gasteiger partial charge in [0.05, 0.1) is 16.6 Å². The Hall–Kier alpha value is -4.61. The van der Waals surface area contributed by atoms with Crippen LogP contribution in [-0.4, -0.2) is 14.5 Å². The van der Waals surface area contributed by atoms with Gasteiger partial charge in [0.25, 0.3) is 0 Å². The van der Waals surface area contributed by atoms with Crippen LogP contribution in [0.5, 0.6) is 11.6 Å². The molecule has 0 unspecified atom stereocenters. The highest BCUT2D eigenvalue weighted by Gasteiger charge is 2.16. The van der Waals surface area contributed by atoms with E-state index >= 15 is 0 Å². The van der Waals surface area contributed by atoms with Crippen molar-refractivity contribution in [3.63, 3.8) is 0 Å². The Labute approximate surface area is 244 Å². The zero-order valence-corrected chi connectivity index (χ0v) is 24.1. The number of rotatable bonds is 4. The molecule has 7 aromatic rings. The average Bonchev–Trinajstić information content (AvgIpc) is 3.31. The Morgan fingerprint density at radius 1 is 0.707 bits per heavy atom. The second-order valence-electron chi connectivity index (χ2n) is 11.3. The van der Waals surface area contributed by atoms with E-state index in [4.69, 9.17) is 22.3 Å². The third-order valence-electron chi connectivity index (χ3n) is 7.62. The molecule has 3 heterocycles. The van der Waals surface area contributed by atoms with E-state index < -0.39 is 0 Å². The minimum atomic E-state index is 0.109. The van der Waals surface area contributed by atoms with Crippen LogP contribution in [0, 0.1) is 0 Å². The first-order valence-electron chi connectivity index (χ1n) is 13.7. The monoisotopic (exact) mass is 551 g/mol. The number of ether oxygens (including phenoxy) is 1. The van der Waals surface area contributed by atoms with Crippen LogP contribution in [0.4, 0.5) is 0 Å². The van der Waals surface area contributed by atoms with Crippen LogP contribution in [0.25, 0.3) is 49.7 Å². The van der Waals surface area contributed by atoms with Gasteiger partial charge in [-0.25, -0.2) is 9.97 Å². The first kappa shape index (κ1) is 25.4. The molecule has 0 aliphatic carbocycles. The first-order valence-corrected chi connectivity index (χ1v) is 14.2. The molecule has 0 saturated heterocycles. The highest BCUT2D eigenvalue weighted by atomic mass is 32.1. The van der Waals surface area contributed by atoms with Crippen molar-refractivity contribution in [3.8, 4) is 28.6 Å². The SMILES string of the molecule is CC(C)(C)c1ccc(-c2ccc(S)c3nc(Oc4ccc5c6ccccc6n(-c6ccccn6)c5c4)ccc23)cc1. The average molecular weight is 552 g/mol. The van der Waals surface area contributed by atoms with Gasteiger partial charge in [0.15, 0.2) is 0 Å². The first-order chi connectivity index (χ1) is 19.9. The number of hydrogen-bond acceptors (Lipinski definition) is 4. The van der Waals surface area contributed by atoms with Crippen molar-refractivity contribution >= 4 is 45.3 Å². The van der Waals surface area contributed by atoms with E-state index in [9.17, 15) is 0 Å². The molecule has 41 heavy (non-hydrogen) atoms. The van der Waals surface area contributed by atoms with Crippen molar-refractivity contribution in [3.05, 3.63) is 121 Å². The molecule has 3 aromatic heterocycles. The maximum Gasteiger partial charge on any atom is 0.219 e. The number of pyridine rings is 2. The predicted molar refractivity (Wildman–Crippen MR) is 172 cm³/mol. The van der Waals surface area contributed by atoms with Crippen molar-refractivity contribution in [2.24, 2.45) is 0 Å². The van der Waals surface area contributed by atoms with Gasteiger partial charge in [-0.15, -0.1) is 12.6 Å². The van der Waals surface area contributed by atoms with E-state index in [2.05, 4.69) is 103 Å². The zero-order valence-electron chi connectivity index (χ0n) is 23.2. The van der Waals surface area contributed by atoms with Gasteiger partial charge in [0, 0.05) is 39.4 Å². The lowest BCUT2D eigenvalue weighted by atomic mass is 9.86. The fourth-order valence-electron chi connectivity index (χ4n) is 5.51. The standard InChI is InChI=1S/C36H29N3OS/c1-36(2,3)24-13-11-23(12-14-24)26-17-19-32(41)35-29(26)18-20-34(38-35)40-25-15-16-28-27-8-4-5-9-30(27)39(31(28)22-25)33-10-6-7-21-37-33/h4-22,41H,1-3H3. The summed E-state index contributed by atoms with van der Waals surface area (Å²) in [5.41, 5.74) is 6.64. The second kappa shape index (κ2) is 9.79. The van der Waals surface area contributed by atoms with Gasteiger partial charge in [0.1, 0.15) is 11.6 Å². The van der Waals surface area contributed by atoms with E-state index in [1.807, 2.05) is 42.6 Å². The largest absolute Gasteiger partial charge is 0.439 e. The molecule has 0 amide bonds. The van der Waals surface area contributed by atoms with E-state index in [0.717, 1.165) is 49.2 Å². The van der Waals surface area contributed by atoms with E-state index in [0.29, 0.717) is 11.6 Å². The van der Waals surface area contributed by atoms with Gasteiger partial charge in [-0.2, -0.15) is 0 Å². The van der Waals surface area contributed by atoms with Crippen molar-refractivity contribution in [1.82, 2.24) is 14.5 Å². The van der Waals surface area contributed by atoms with Crippen LogP contribution in [0.2, 0.25) is 0 Å². The summed E-state index contributed by atoms with van der Waals surface area (Å²) in [4.78, 5) is 10.3. The molecule has 0 aliphatic rings. The summed E-state index contributed by atoms with van der Waals surface area (Å²) < 4.78 is 8.53. The Kier molecular flexibility index (Phi) is 6.06. The van der Waals surface area contributed by atoms with Crippen molar-refractivity contribution in [1.29, 1.82) is 0 Å². The lowest BCUT2D eigenvalue weighted by molar-refractivity contribution is 0.465. The van der Waals surface area contributed by atoms with E-state index in [1.165, 1.54) is 10.9 Å². The smallest absolute Gasteiger partial charge is 0.219 e. The summed E-state index contributed by atoms with van der Waals surface area (Å²) in [6.45, 7) is 6.69. The van der Waals surface area contributed by atoms with E-state index in [-0.39, 0.29) is 5.41 Å². The molecule has 0 spiro atoms. The second-order valence-corrected chi connectivity index (χ2v) is 11.8. The quantitative estimate of drug-likeness (QED) is 0.221. The summed E-state index contributed by atoms with van der Waals surface area (Å²) in [6.07, 6.45) is 1.82. The molecule has 4 nitrogen and oxygen atoms in total. The molecule has 0 aliphatic heterocycles. The van der Waals surface area contributed by atoms with Gasteiger partial charge >= 0.3 is 0 Å². The Morgan fingerprint density at radius 3 is 2.24 bits per heavy atom. The van der Waals surface area contributed by atoms with Crippen LogP contribution >= 0.6 is 12.6 Å². The number of benzene rings is 4. The van der Waals surface area contributed by atoms with Crippen molar-refractivity contribution < 1.29 is 4.74 Å². The molecule has 0 saturated carbocycles. The van der Waals surface area contributed by atoms with Crippen molar-refractivity contribution in [2.75, 3.05) is 0 Å². The van der Waals surface area contributed by atoms with Crippen LogP contribution in [-0.2, 0) is 5.41 Å². The van der Waals surface area contributed by atoms with Gasteiger partial charge in [-0.1, -0.05) is 75.4 Å². The van der Waals surface area contributed by atoms with Crippen LogP contribution in [0.1, 0.15) is 26.3 Å². The molecule has 0 radical (unpaired) electrons. The zero-order chi connectivity index (χ0) is 28.1. The Morgan fingerprint density at radius 2 is 1.46 bits per heavy atom. The summed E-state index contributed by atoms with van der Waals surface area (Å²) in [7, 11) is 0. The van der Waals surface area contributed by atoms with Crippen LogP contribution in [0.15, 0.2) is 120 Å². The maximum absolute atomic E-state index is 6.36. The maximum atomic E-state index is 6.36. The third-order valence-corrected chi connectivity index (χ3v) is 7.98. The summed E-state index contributed by atoms with van der Waals surface area (Å²) in [5.74, 6) is 2.09. The number of aromatic nitrogens is 3. The van der Waals surface area contributed by atoms with Gasteiger partial charge in [0.2, 0.25) is 5.88 Å². The topological polar surface area (TPSA) is 39.9 Å². The molecule has 7 rings (SSSR count). The molecule has 0 N–H and O–H groups in total. The normalized spacial score (nSPS) is 11.9. The number of thiol groups is 1. The number of nitrogens with zero attached hydrogens (tertiary/aromatic N) is 3. The molecule has 4 aromatic carbocycles. The summed E-state index contributed by atoms with van der Waals surface area (Å²) in [6, 6.07) is 37.4. The molecular weight excluding hydrogens is 522 g/mol. The lowest BCUT2D eigenvalue weighted by Crippen LogP contribution is -2.10. The van der Waals surface area contributed by atoms with Gasteiger partial charge < -0.3 is 4.74 Å². The predicted octanol–water partition coefficient (Wildman–Crippen LogP) is 9.77. The summed E-state index contributed by atoms with van der Waals surface area (Å²) >= 11 is 4.74. The molecule has 0 bridgehead atoms. The number of fused-ring (bicyclic) bond motifs is 4. The highest BCUT2D eigenvalue weighted by molar-refractivity contribution is 7.80. The molecule has 5 heteroatoms. The molecule has 0 fully saturated rings. The Bertz CT molecular complexity index is 2060. The molecule has 0 atom stereocenters. The lowest BCUT2D eigenvalue weighted by Gasteiger charge is -2.19. The molecular formula is C36H29N3OS. The fraction of sp³-hybridized carbons (Fsp3) is 0.111. The van der Waals surface area contributed by atoms with Crippen LogP contribution < -0.4 is 4.74 Å². The van der Waals surface area contributed by atoms with Crippen LogP contribution in [0.3, 0.4) is 0 Å². The Balaban J connectivity index is 1.29.